The Bertz CT molecular complexity index is 1170. The van der Waals surface area contributed by atoms with E-state index in [0.29, 0.717) is 18.7 Å². The standard InChI is InChI=1S/C25H27FN2O3S/c1-18-4-10-24(11-5-18)32(30,31)28(23-15-19(2)14-20(3)16-23)17-25(29)27-13-12-21-6-8-22(26)9-7-21/h4-11,14-16H,12-13,17H2,1-3H3,(H,27,29). The van der Waals surface area contributed by atoms with E-state index in [1.165, 1.54) is 12.1 Å². The van der Waals surface area contributed by atoms with Gasteiger partial charge in [0.15, 0.2) is 0 Å². The Labute approximate surface area is 188 Å². The van der Waals surface area contributed by atoms with E-state index in [2.05, 4.69) is 5.32 Å². The van der Waals surface area contributed by atoms with E-state index in [9.17, 15) is 17.6 Å². The summed E-state index contributed by atoms with van der Waals surface area (Å²) in [6.45, 7) is 5.62. The van der Waals surface area contributed by atoms with Crippen molar-refractivity contribution in [3.8, 4) is 0 Å². The van der Waals surface area contributed by atoms with E-state index in [1.54, 1.807) is 48.5 Å². The van der Waals surface area contributed by atoms with E-state index in [1.807, 2.05) is 26.8 Å². The summed E-state index contributed by atoms with van der Waals surface area (Å²) in [6.07, 6.45) is 0.514. The number of rotatable bonds is 8. The molecule has 3 rings (SSSR count). The number of carbonyl (C=O) groups is 1. The van der Waals surface area contributed by atoms with Gasteiger partial charge >= 0.3 is 0 Å². The monoisotopic (exact) mass is 454 g/mol. The van der Waals surface area contributed by atoms with Crippen LogP contribution in [0.15, 0.2) is 71.6 Å². The lowest BCUT2D eigenvalue weighted by molar-refractivity contribution is -0.119. The van der Waals surface area contributed by atoms with Crippen molar-refractivity contribution in [1.82, 2.24) is 5.32 Å². The molecule has 5 nitrogen and oxygen atoms in total. The summed E-state index contributed by atoms with van der Waals surface area (Å²) in [6, 6.07) is 18.1. The number of hydrogen-bond donors (Lipinski definition) is 1. The van der Waals surface area contributed by atoms with Gasteiger partial charge < -0.3 is 5.32 Å². The Morgan fingerprint density at radius 1 is 0.875 bits per heavy atom. The van der Waals surface area contributed by atoms with Gasteiger partial charge in [-0.15, -0.1) is 0 Å². The van der Waals surface area contributed by atoms with Crippen molar-refractivity contribution in [2.24, 2.45) is 0 Å². The third-order valence-electron chi connectivity index (χ3n) is 5.04. The smallest absolute Gasteiger partial charge is 0.264 e. The molecule has 0 saturated carbocycles. The third kappa shape index (κ3) is 5.95. The number of amides is 1. The summed E-state index contributed by atoms with van der Waals surface area (Å²) in [4.78, 5) is 12.8. The number of nitrogens with one attached hydrogen (secondary N) is 1. The van der Waals surface area contributed by atoms with Crippen molar-refractivity contribution >= 4 is 21.6 Å². The number of benzene rings is 3. The van der Waals surface area contributed by atoms with Crippen molar-refractivity contribution in [1.29, 1.82) is 0 Å². The summed E-state index contributed by atoms with van der Waals surface area (Å²) < 4.78 is 41.1. The van der Waals surface area contributed by atoms with Crippen LogP contribution < -0.4 is 9.62 Å². The molecule has 0 atom stereocenters. The molecule has 0 bridgehead atoms. The fourth-order valence-corrected chi connectivity index (χ4v) is 4.84. The SMILES string of the molecule is Cc1ccc(S(=O)(=O)N(CC(=O)NCCc2ccc(F)cc2)c2cc(C)cc(C)c2)cc1. The minimum absolute atomic E-state index is 0.126. The second-order valence-electron chi connectivity index (χ2n) is 7.90. The molecular formula is C25H27FN2O3S. The van der Waals surface area contributed by atoms with Crippen LogP contribution in [0.1, 0.15) is 22.3 Å². The van der Waals surface area contributed by atoms with Gasteiger partial charge in [-0.1, -0.05) is 35.9 Å². The number of carbonyl (C=O) groups excluding carboxylic acids is 1. The topological polar surface area (TPSA) is 66.5 Å². The predicted molar refractivity (Wildman–Crippen MR) is 125 cm³/mol. The molecule has 32 heavy (non-hydrogen) atoms. The maximum absolute atomic E-state index is 13.4. The molecule has 0 aliphatic rings. The largest absolute Gasteiger partial charge is 0.354 e. The molecule has 3 aromatic carbocycles. The van der Waals surface area contributed by atoms with E-state index >= 15 is 0 Å². The van der Waals surface area contributed by atoms with Crippen LogP contribution in [0.5, 0.6) is 0 Å². The zero-order valence-electron chi connectivity index (χ0n) is 18.4. The minimum Gasteiger partial charge on any atom is -0.354 e. The normalized spacial score (nSPS) is 11.2. The highest BCUT2D eigenvalue weighted by Gasteiger charge is 2.27. The first-order valence-electron chi connectivity index (χ1n) is 10.3. The van der Waals surface area contributed by atoms with Gasteiger partial charge in [0.25, 0.3) is 10.0 Å². The van der Waals surface area contributed by atoms with Crippen molar-refractivity contribution < 1.29 is 17.6 Å². The molecule has 0 aromatic heterocycles. The van der Waals surface area contributed by atoms with Gasteiger partial charge in [-0.25, -0.2) is 12.8 Å². The Morgan fingerprint density at radius 3 is 2.06 bits per heavy atom. The van der Waals surface area contributed by atoms with Crippen LogP contribution in [-0.2, 0) is 21.2 Å². The lowest BCUT2D eigenvalue weighted by Gasteiger charge is -2.25. The van der Waals surface area contributed by atoms with Crippen LogP contribution in [-0.4, -0.2) is 27.4 Å². The van der Waals surface area contributed by atoms with Crippen LogP contribution in [0, 0.1) is 26.6 Å². The summed E-state index contributed by atoms with van der Waals surface area (Å²) in [7, 11) is -3.95. The molecule has 168 valence electrons. The van der Waals surface area contributed by atoms with Gasteiger partial charge in [0.05, 0.1) is 10.6 Å². The Hall–Kier alpha value is -3.19. The zero-order valence-corrected chi connectivity index (χ0v) is 19.2. The van der Waals surface area contributed by atoms with Crippen LogP contribution in [0.4, 0.5) is 10.1 Å². The number of nitrogens with zero attached hydrogens (tertiary/aromatic N) is 1. The van der Waals surface area contributed by atoms with Crippen molar-refractivity contribution in [2.75, 3.05) is 17.4 Å². The maximum Gasteiger partial charge on any atom is 0.264 e. The predicted octanol–water partition coefficient (Wildman–Crippen LogP) is 4.31. The quantitative estimate of drug-likeness (QED) is 0.552. The highest BCUT2D eigenvalue weighted by Crippen LogP contribution is 2.26. The molecule has 7 heteroatoms. The van der Waals surface area contributed by atoms with E-state index < -0.39 is 15.9 Å². The first-order chi connectivity index (χ1) is 15.1. The van der Waals surface area contributed by atoms with E-state index in [4.69, 9.17) is 0 Å². The highest BCUT2D eigenvalue weighted by molar-refractivity contribution is 7.92. The Kier molecular flexibility index (Phi) is 7.30. The average Bonchev–Trinajstić information content (AvgIpc) is 2.73. The highest BCUT2D eigenvalue weighted by atomic mass is 32.2. The van der Waals surface area contributed by atoms with Gasteiger partial charge in [0.2, 0.25) is 5.91 Å². The summed E-state index contributed by atoms with van der Waals surface area (Å²) >= 11 is 0. The molecule has 0 fully saturated rings. The third-order valence-corrected chi connectivity index (χ3v) is 6.83. The number of halogens is 1. The maximum atomic E-state index is 13.4. The Balaban J connectivity index is 1.81. The molecule has 0 heterocycles. The molecule has 3 aromatic rings. The second kappa shape index (κ2) is 9.96. The Morgan fingerprint density at radius 2 is 1.47 bits per heavy atom. The van der Waals surface area contributed by atoms with E-state index in [-0.39, 0.29) is 17.3 Å². The molecule has 0 unspecified atom stereocenters. The van der Waals surface area contributed by atoms with Gasteiger partial charge in [0.1, 0.15) is 12.4 Å². The number of hydrogen-bond acceptors (Lipinski definition) is 3. The molecule has 1 N–H and O–H groups in total. The van der Waals surface area contributed by atoms with Crippen LogP contribution >= 0.6 is 0 Å². The van der Waals surface area contributed by atoms with Crippen LogP contribution in [0.25, 0.3) is 0 Å². The molecule has 1 amide bonds. The molecule has 0 radical (unpaired) electrons. The lowest BCUT2D eigenvalue weighted by atomic mass is 10.1. The molecule has 0 spiro atoms. The molecule has 0 aliphatic carbocycles. The number of aryl methyl sites for hydroxylation is 3. The molecular weight excluding hydrogens is 427 g/mol. The van der Waals surface area contributed by atoms with Gasteiger partial charge in [0, 0.05) is 6.54 Å². The fraction of sp³-hybridized carbons (Fsp3) is 0.240. The van der Waals surface area contributed by atoms with Gasteiger partial charge in [-0.05, 0) is 80.3 Å². The van der Waals surface area contributed by atoms with Crippen molar-refractivity contribution in [3.63, 3.8) is 0 Å². The number of sulfonamides is 1. The number of anilines is 1. The first kappa shape index (κ1) is 23.5. The molecule has 0 saturated heterocycles. The summed E-state index contributed by atoms with van der Waals surface area (Å²) in [5, 5.41) is 2.77. The second-order valence-corrected chi connectivity index (χ2v) is 9.76. The fourth-order valence-electron chi connectivity index (χ4n) is 3.43. The molecule has 0 aliphatic heterocycles. The van der Waals surface area contributed by atoms with Crippen molar-refractivity contribution in [2.45, 2.75) is 32.1 Å². The van der Waals surface area contributed by atoms with Crippen LogP contribution in [0.3, 0.4) is 0 Å². The summed E-state index contributed by atoms with van der Waals surface area (Å²) in [5.74, 6) is -0.731. The summed E-state index contributed by atoms with van der Waals surface area (Å²) in [5.41, 5.74) is 4.07. The van der Waals surface area contributed by atoms with E-state index in [0.717, 1.165) is 26.6 Å². The minimum atomic E-state index is -3.95. The van der Waals surface area contributed by atoms with Crippen LogP contribution in [0.2, 0.25) is 0 Å². The van der Waals surface area contributed by atoms with Gasteiger partial charge in [-0.3, -0.25) is 9.10 Å². The first-order valence-corrected chi connectivity index (χ1v) is 11.8. The zero-order chi connectivity index (χ0) is 23.3. The lowest BCUT2D eigenvalue weighted by Crippen LogP contribution is -2.41. The van der Waals surface area contributed by atoms with Gasteiger partial charge in [-0.2, -0.15) is 0 Å². The van der Waals surface area contributed by atoms with Crippen molar-refractivity contribution in [3.05, 3.63) is 94.8 Å². The average molecular weight is 455 g/mol.